The molecule has 1 aromatic carbocycles. The van der Waals surface area contributed by atoms with Gasteiger partial charge in [-0.15, -0.1) is 0 Å². The summed E-state index contributed by atoms with van der Waals surface area (Å²) in [7, 11) is 0. The van der Waals surface area contributed by atoms with Gasteiger partial charge in [-0.1, -0.05) is 19.9 Å². The van der Waals surface area contributed by atoms with Crippen LogP contribution >= 0.6 is 0 Å². The Morgan fingerprint density at radius 3 is 2.38 bits per heavy atom. The molecule has 0 fully saturated rings. The normalized spacial score (nSPS) is 8.62. The molecule has 0 saturated carbocycles. The molecule has 0 saturated heterocycles. The van der Waals surface area contributed by atoms with Gasteiger partial charge in [0.1, 0.15) is 0 Å². The molecule has 13 heavy (non-hydrogen) atoms. The van der Waals surface area contributed by atoms with Gasteiger partial charge in [0.2, 0.25) is 0 Å². The zero-order valence-corrected chi connectivity index (χ0v) is 8.79. The maximum absolute atomic E-state index is 9.30. The topological polar surface area (TPSA) is 29.5 Å². The van der Waals surface area contributed by atoms with Gasteiger partial charge in [0, 0.05) is 0 Å². The summed E-state index contributed by atoms with van der Waals surface area (Å²) >= 11 is 0. The van der Waals surface area contributed by atoms with Crippen LogP contribution < -0.4 is 4.74 Å². The van der Waals surface area contributed by atoms with Gasteiger partial charge >= 0.3 is 0 Å². The van der Waals surface area contributed by atoms with Gasteiger partial charge in [0.25, 0.3) is 0 Å². The lowest BCUT2D eigenvalue weighted by molar-refractivity contribution is 0.318. The monoisotopic (exact) mass is 182 g/mol. The number of aryl methyl sites for hydroxylation is 1. The Kier molecular flexibility index (Phi) is 5.77. The van der Waals surface area contributed by atoms with E-state index in [4.69, 9.17) is 4.74 Å². The number of aromatic hydroxyl groups is 1. The van der Waals surface area contributed by atoms with Gasteiger partial charge in [-0.2, -0.15) is 0 Å². The van der Waals surface area contributed by atoms with Crippen molar-refractivity contribution in [3.05, 3.63) is 23.8 Å². The standard InChI is InChI=1S/C9H12O2.C2H6/c1-3-11-9-5-4-7(2)6-8(9)10;1-2/h4-6,10H,3H2,1-2H3;1-2H3. The molecule has 0 unspecified atom stereocenters. The second kappa shape index (κ2) is 6.35. The van der Waals surface area contributed by atoms with E-state index in [2.05, 4.69) is 0 Å². The molecule has 2 nitrogen and oxygen atoms in total. The lowest BCUT2D eigenvalue weighted by atomic mass is 10.2. The molecule has 0 radical (unpaired) electrons. The number of benzene rings is 1. The predicted molar refractivity (Wildman–Crippen MR) is 55.4 cm³/mol. The predicted octanol–water partition coefficient (Wildman–Crippen LogP) is 3.13. The van der Waals surface area contributed by atoms with Crippen molar-refractivity contribution in [3.8, 4) is 11.5 Å². The molecule has 2 heteroatoms. The third-order valence-electron chi connectivity index (χ3n) is 1.41. The summed E-state index contributed by atoms with van der Waals surface area (Å²) in [5, 5.41) is 9.30. The number of hydrogen-bond donors (Lipinski definition) is 1. The lowest BCUT2D eigenvalue weighted by Gasteiger charge is -2.04. The fourth-order valence-electron chi connectivity index (χ4n) is 0.905. The van der Waals surface area contributed by atoms with Gasteiger partial charge in [-0.05, 0) is 31.5 Å². The van der Waals surface area contributed by atoms with Crippen LogP contribution in [0, 0.1) is 6.92 Å². The molecule has 0 aliphatic rings. The molecule has 1 aromatic rings. The van der Waals surface area contributed by atoms with E-state index in [0.717, 1.165) is 5.56 Å². The first-order chi connectivity index (χ1) is 6.24. The molecule has 0 aliphatic carbocycles. The van der Waals surface area contributed by atoms with E-state index in [1.807, 2.05) is 33.8 Å². The Morgan fingerprint density at radius 2 is 1.92 bits per heavy atom. The second-order valence-electron chi connectivity index (χ2n) is 2.40. The molecule has 0 amide bonds. The van der Waals surface area contributed by atoms with Crippen LogP contribution in [0.25, 0.3) is 0 Å². The Labute approximate surface area is 80.2 Å². The summed E-state index contributed by atoms with van der Waals surface area (Å²) in [6, 6.07) is 5.36. The highest BCUT2D eigenvalue weighted by Gasteiger charge is 1.99. The maximum Gasteiger partial charge on any atom is 0.160 e. The minimum atomic E-state index is 0.215. The third kappa shape index (κ3) is 3.83. The van der Waals surface area contributed by atoms with Crippen LogP contribution in [0.4, 0.5) is 0 Å². The Bertz CT molecular complexity index is 244. The van der Waals surface area contributed by atoms with Crippen molar-refractivity contribution in [2.75, 3.05) is 6.61 Å². The van der Waals surface area contributed by atoms with Gasteiger partial charge < -0.3 is 9.84 Å². The number of hydrogen-bond acceptors (Lipinski definition) is 2. The molecule has 1 N–H and O–H groups in total. The minimum Gasteiger partial charge on any atom is -0.504 e. The smallest absolute Gasteiger partial charge is 0.160 e. The third-order valence-corrected chi connectivity index (χ3v) is 1.41. The Balaban J connectivity index is 0.000000671. The van der Waals surface area contributed by atoms with Crippen LogP contribution in [-0.4, -0.2) is 11.7 Å². The van der Waals surface area contributed by atoms with Crippen molar-refractivity contribution in [3.63, 3.8) is 0 Å². The zero-order valence-electron chi connectivity index (χ0n) is 8.79. The molecular formula is C11H18O2. The quantitative estimate of drug-likeness (QED) is 0.761. The van der Waals surface area contributed by atoms with E-state index in [1.165, 1.54) is 0 Å². The van der Waals surface area contributed by atoms with E-state index in [0.29, 0.717) is 12.4 Å². The van der Waals surface area contributed by atoms with Crippen molar-refractivity contribution in [1.82, 2.24) is 0 Å². The van der Waals surface area contributed by atoms with Gasteiger partial charge in [-0.25, -0.2) is 0 Å². The zero-order chi connectivity index (χ0) is 10.3. The van der Waals surface area contributed by atoms with E-state index in [-0.39, 0.29) is 5.75 Å². The summed E-state index contributed by atoms with van der Waals surface area (Å²) < 4.78 is 5.14. The fourth-order valence-corrected chi connectivity index (χ4v) is 0.905. The summed E-state index contributed by atoms with van der Waals surface area (Å²) in [6.07, 6.45) is 0. The van der Waals surface area contributed by atoms with E-state index in [9.17, 15) is 5.11 Å². The minimum absolute atomic E-state index is 0.215. The Hall–Kier alpha value is -1.18. The van der Waals surface area contributed by atoms with E-state index in [1.54, 1.807) is 12.1 Å². The van der Waals surface area contributed by atoms with Gasteiger partial charge in [0.15, 0.2) is 11.5 Å². The molecule has 0 atom stereocenters. The summed E-state index contributed by atoms with van der Waals surface area (Å²) in [6.45, 7) is 8.39. The molecule has 0 spiro atoms. The molecule has 0 aromatic heterocycles. The largest absolute Gasteiger partial charge is 0.504 e. The first kappa shape index (κ1) is 11.8. The van der Waals surface area contributed by atoms with Gasteiger partial charge in [-0.3, -0.25) is 0 Å². The van der Waals surface area contributed by atoms with Crippen molar-refractivity contribution in [2.24, 2.45) is 0 Å². The average molecular weight is 182 g/mol. The molecule has 1 rings (SSSR count). The first-order valence-electron chi connectivity index (χ1n) is 4.66. The van der Waals surface area contributed by atoms with Crippen LogP contribution in [-0.2, 0) is 0 Å². The molecule has 74 valence electrons. The lowest BCUT2D eigenvalue weighted by Crippen LogP contribution is -1.91. The van der Waals surface area contributed by atoms with Crippen LogP contribution in [0.15, 0.2) is 18.2 Å². The van der Waals surface area contributed by atoms with Crippen LogP contribution in [0.5, 0.6) is 11.5 Å². The highest BCUT2D eigenvalue weighted by atomic mass is 16.5. The van der Waals surface area contributed by atoms with Crippen LogP contribution in [0.3, 0.4) is 0 Å². The summed E-state index contributed by atoms with van der Waals surface area (Å²) in [5.74, 6) is 0.768. The van der Waals surface area contributed by atoms with Crippen molar-refractivity contribution < 1.29 is 9.84 Å². The first-order valence-corrected chi connectivity index (χ1v) is 4.66. The second-order valence-corrected chi connectivity index (χ2v) is 2.40. The molecule has 0 bridgehead atoms. The number of rotatable bonds is 2. The number of phenolic OH excluding ortho intramolecular Hbond substituents is 1. The van der Waals surface area contributed by atoms with E-state index < -0.39 is 0 Å². The average Bonchev–Trinajstić information content (AvgIpc) is 2.14. The number of phenols is 1. The van der Waals surface area contributed by atoms with Crippen LogP contribution in [0.1, 0.15) is 26.3 Å². The van der Waals surface area contributed by atoms with Crippen LogP contribution in [0.2, 0.25) is 0 Å². The van der Waals surface area contributed by atoms with Crippen molar-refractivity contribution >= 4 is 0 Å². The van der Waals surface area contributed by atoms with Crippen molar-refractivity contribution in [2.45, 2.75) is 27.7 Å². The molecule has 0 heterocycles. The highest BCUT2D eigenvalue weighted by Crippen LogP contribution is 2.25. The fraction of sp³-hybridized carbons (Fsp3) is 0.455. The molecular weight excluding hydrogens is 164 g/mol. The SMILES string of the molecule is CC.CCOc1ccc(C)cc1O. The number of ether oxygens (including phenoxy) is 1. The highest BCUT2D eigenvalue weighted by molar-refractivity contribution is 5.41. The van der Waals surface area contributed by atoms with Gasteiger partial charge in [0.05, 0.1) is 6.61 Å². The summed E-state index contributed by atoms with van der Waals surface area (Å²) in [5.41, 5.74) is 1.03. The van der Waals surface area contributed by atoms with Crippen molar-refractivity contribution in [1.29, 1.82) is 0 Å². The summed E-state index contributed by atoms with van der Waals surface area (Å²) in [4.78, 5) is 0. The maximum atomic E-state index is 9.30. The van der Waals surface area contributed by atoms with E-state index >= 15 is 0 Å². The molecule has 0 aliphatic heterocycles. The Morgan fingerprint density at radius 1 is 1.31 bits per heavy atom.